The molecule has 0 atom stereocenters. The second-order valence-corrected chi connectivity index (χ2v) is 4.83. The van der Waals surface area contributed by atoms with Crippen molar-refractivity contribution in [2.75, 3.05) is 0 Å². The smallest absolute Gasteiger partial charge is 0.258 e. The average molecular weight is 279 g/mol. The number of fused-ring (bicyclic) bond motifs is 2. The summed E-state index contributed by atoms with van der Waals surface area (Å²) < 4.78 is 0. The van der Waals surface area contributed by atoms with Crippen molar-refractivity contribution in [1.82, 2.24) is 9.97 Å². The second kappa shape index (κ2) is 4.94. The predicted octanol–water partition coefficient (Wildman–Crippen LogP) is 1.12. The van der Waals surface area contributed by atoms with Gasteiger partial charge in [-0.15, -0.1) is 0 Å². The zero-order valence-electron chi connectivity index (χ0n) is 11.7. The largest absolute Gasteiger partial charge is 0.277 e. The highest BCUT2D eigenvalue weighted by Gasteiger charge is 2.10. The molecular weight excluding hydrogens is 266 g/mol. The second-order valence-electron chi connectivity index (χ2n) is 4.83. The van der Waals surface area contributed by atoms with Crippen LogP contribution in [-0.2, 0) is 0 Å². The Kier molecular flexibility index (Phi) is 3.10. The van der Waals surface area contributed by atoms with E-state index in [1.807, 2.05) is 32.1 Å². The third-order valence-corrected chi connectivity index (χ3v) is 3.42. The van der Waals surface area contributed by atoms with Crippen LogP contribution in [0.3, 0.4) is 0 Å². The summed E-state index contributed by atoms with van der Waals surface area (Å²) in [6, 6.07) is 7.26. The van der Waals surface area contributed by atoms with Gasteiger partial charge in [-0.25, -0.2) is 9.97 Å². The Bertz CT molecular complexity index is 991. The minimum atomic E-state index is -0.366. The number of hydrogen-bond acceptors (Lipinski definition) is 4. The maximum Gasteiger partial charge on any atom is 0.277 e. The quantitative estimate of drug-likeness (QED) is 0.579. The number of aromatic nitrogens is 2. The van der Waals surface area contributed by atoms with Crippen LogP contribution in [0.25, 0.3) is 11.8 Å². The van der Waals surface area contributed by atoms with Gasteiger partial charge in [0, 0.05) is 22.2 Å². The summed E-state index contributed by atoms with van der Waals surface area (Å²) in [6.45, 7) is 3.74. The maximum atomic E-state index is 11.3. The SMILES string of the molecule is Cc1nc(C)c2/c(n1)=c1/cccc/c1=C([N+](=O)[O-])/C=C\C=2. The van der Waals surface area contributed by atoms with Crippen molar-refractivity contribution >= 4 is 11.8 Å². The van der Waals surface area contributed by atoms with Crippen LogP contribution in [-0.4, -0.2) is 14.9 Å². The fourth-order valence-corrected chi connectivity index (χ4v) is 2.52. The summed E-state index contributed by atoms with van der Waals surface area (Å²) in [4.78, 5) is 19.8. The van der Waals surface area contributed by atoms with Crippen LogP contribution in [0.1, 0.15) is 11.5 Å². The first-order chi connectivity index (χ1) is 10.1. The highest BCUT2D eigenvalue weighted by Crippen LogP contribution is 2.01. The molecule has 21 heavy (non-hydrogen) atoms. The van der Waals surface area contributed by atoms with Crippen LogP contribution < -0.4 is 10.4 Å². The van der Waals surface area contributed by atoms with Crippen molar-refractivity contribution in [3.63, 3.8) is 0 Å². The lowest BCUT2D eigenvalue weighted by Gasteiger charge is -2.01. The number of aryl methyl sites for hydroxylation is 2. The van der Waals surface area contributed by atoms with Crippen molar-refractivity contribution < 1.29 is 4.92 Å². The van der Waals surface area contributed by atoms with E-state index in [1.54, 1.807) is 18.2 Å². The lowest BCUT2D eigenvalue weighted by atomic mass is 10.1. The predicted molar refractivity (Wildman–Crippen MR) is 78.9 cm³/mol. The highest BCUT2D eigenvalue weighted by molar-refractivity contribution is 5.55. The molecule has 0 spiro atoms. The molecule has 5 heteroatoms. The van der Waals surface area contributed by atoms with Crippen molar-refractivity contribution in [3.05, 3.63) is 79.1 Å². The van der Waals surface area contributed by atoms with Crippen LogP contribution in [0.5, 0.6) is 0 Å². The van der Waals surface area contributed by atoms with Gasteiger partial charge in [-0.05, 0) is 19.9 Å². The fourth-order valence-electron chi connectivity index (χ4n) is 2.52. The Balaban J connectivity index is 2.76. The lowest BCUT2D eigenvalue weighted by Crippen LogP contribution is -2.20. The Morgan fingerprint density at radius 1 is 1.10 bits per heavy atom. The van der Waals surface area contributed by atoms with E-state index in [-0.39, 0.29) is 10.6 Å². The van der Waals surface area contributed by atoms with Gasteiger partial charge in [-0.1, -0.05) is 30.4 Å². The normalized spacial score (nSPS) is 20.2. The van der Waals surface area contributed by atoms with Crippen molar-refractivity contribution in [3.8, 4) is 0 Å². The van der Waals surface area contributed by atoms with Crippen LogP contribution in [0.2, 0.25) is 0 Å². The van der Waals surface area contributed by atoms with Crippen LogP contribution >= 0.6 is 0 Å². The molecule has 3 rings (SSSR count). The van der Waals surface area contributed by atoms with Gasteiger partial charge in [0.25, 0.3) is 5.70 Å². The van der Waals surface area contributed by atoms with Gasteiger partial charge >= 0.3 is 0 Å². The van der Waals surface area contributed by atoms with E-state index in [0.717, 1.165) is 21.5 Å². The summed E-state index contributed by atoms with van der Waals surface area (Å²) >= 11 is 0. The van der Waals surface area contributed by atoms with Crippen molar-refractivity contribution in [2.24, 2.45) is 0 Å². The first kappa shape index (κ1) is 13.2. The highest BCUT2D eigenvalue weighted by atomic mass is 16.6. The molecule has 0 radical (unpaired) electrons. The summed E-state index contributed by atoms with van der Waals surface area (Å²) in [5, 5.41) is 14.3. The van der Waals surface area contributed by atoms with Crippen molar-refractivity contribution in [2.45, 2.75) is 13.8 Å². The summed E-state index contributed by atoms with van der Waals surface area (Å²) in [5.41, 5.74) is 0.933. The third-order valence-electron chi connectivity index (χ3n) is 3.42. The van der Waals surface area contributed by atoms with Crippen LogP contribution in [0.15, 0.2) is 36.4 Å². The molecule has 0 aliphatic heterocycles. The van der Waals surface area contributed by atoms with E-state index in [4.69, 9.17) is 0 Å². The maximum absolute atomic E-state index is 11.3. The molecule has 1 aliphatic rings. The number of rotatable bonds is 1. The summed E-state index contributed by atoms with van der Waals surface area (Å²) in [5.74, 6) is 0.654. The molecule has 0 saturated carbocycles. The van der Waals surface area contributed by atoms with Gasteiger partial charge in [0.1, 0.15) is 5.82 Å². The molecule has 0 fully saturated rings. The minimum absolute atomic E-state index is 0.0708. The van der Waals surface area contributed by atoms with E-state index in [1.165, 1.54) is 6.08 Å². The number of benzene rings is 1. The minimum Gasteiger partial charge on any atom is -0.258 e. The molecule has 0 N–H and O–H groups in total. The standard InChI is InChI=1S/C16H13N3O2/c1-10-12-8-5-9-15(19(20)21)13-6-3-4-7-14(13)16(12)18-11(2)17-10/h3-9H,1-2H3/b8-5?,9-5-,12-8-,15-9?,15-13+,16-14+. The van der Waals surface area contributed by atoms with Gasteiger partial charge in [0.15, 0.2) is 0 Å². The average Bonchev–Trinajstić information content (AvgIpc) is 2.42. The third kappa shape index (κ3) is 2.23. The van der Waals surface area contributed by atoms with Crippen LogP contribution in [0, 0.1) is 34.5 Å². The molecule has 104 valence electrons. The fraction of sp³-hybridized carbons (Fsp3) is 0.125. The van der Waals surface area contributed by atoms with Gasteiger partial charge in [-0.3, -0.25) is 10.1 Å². The molecular formula is C16H13N3O2. The van der Waals surface area contributed by atoms with E-state index >= 15 is 0 Å². The summed E-state index contributed by atoms with van der Waals surface area (Å²) in [6.07, 6.45) is 5.02. The molecule has 0 saturated heterocycles. The summed E-state index contributed by atoms with van der Waals surface area (Å²) in [7, 11) is 0. The zero-order valence-corrected chi connectivity index (χ0v) is 11.7. The number of nitrogens with zero attached hydrogens (tertiary/aromatic N) is 3. The Morgan fingerprint density at radius 2 is 1.81 bits per heavy atom. The molecule has 1 aromatic carbocycles. The molecule has 2 aromatic rings. The van der Waals surface area contributed by atoms with Gasteiger partial charge in [-0.2, -0.15) is 0 Å². The number of nitro groups is 1. The topological polar surface area (TPSA) is 68.9 Å². The van der Waals surface area contributed by atoms with Gasteiger partial charge < -0.3 is 0 Å². The van der Waals surface area contributed by atoms with E-state index in [2.05, 4.69) is 9.97 Å². The van der Waals surface area contributed by atoms with Crippen molar-refractivity contribution in [1.29, 1.82) is 0 Å². The zero-order chi connectivity index (χ0) is 15.0. The van der Waals surface area contributed by atoms with E-state index in [0.29, 0.717) is 11.0 Å². The lowest BCUT2D eigenvalue weighted by molar-refractivity contribution is -0.375. The van der Waals surface area contributed by atoms with Gasteiger partial charge in [0.2, 0.25) is 0 Å². The van der Waals surface area contributed by atoms with E-state index < -0.39 is 0 Å². The molecule has 0 amide bonds. The molecule has 0 bridgehead atoms. The molecule has 5 nitrogen and oxygen atoms in total. The Labute approximate surface area is 120 Å². The van der Waals surface area contributed by atoms with Crippen LogP contribution in [0.4, 0.5) is 0 Å². The monoisotopic (exact) mass is 279 g/mol. The molecule has 1 aliphatic carbocycles. The molecule has 1 heterocycles. The molecule has 0 unspecified atom stereocenters. The van der Waals surface area contributed by atoms with Gasteiger partial charge in [0.05, 0.1) is 15.5 Å². The molecule has 1 aromatic heterocycles. The number of allylic oxidation sites excluding steroid dienone is 1. The Hall–Kier alpha value is -2.82. The first-order valence-corrected chi connectivity index (χ1v) is 6.55. The van der Waals surface area contributed by atoms with E-state index in [9.17, 15) is 10.1 Å². The number of hydrogen-bond donors (Lipinski definition) is 0. The first-order valence-electron chi connectivity index (χ1n) is 6.55. The Morgan fingerprint density at radius 3 is 2.52 bits per heavy atom.